The summed E-state index contributed by atoms with van der Waals surface area (Å²) in [5.41, 5.74) is 1.05. The van der Waals surface area contributed by atoms with Crippen LogP contribution >= 0.6 is 0 Å². The van der Waals surface area contributed by atoms with Crippen LogP contribution in [0.1, 0.15) is 18.9 Å². The van der Waals surface area contributed by atoms with Gasteiger partial charge < -0.3 is 4.74 Å². The van der Waals surface area contributed by atoms with E-state index in [4.69, 9.17) is 4.74 Å². The standard InChI is InChI=1S/C12H13O2/c1-2-6-12(9-13)14-10-11-7-4-3-5-8-11/h3-8H,2,10H2,1H3. The van der Waals surface area contributed by atoms with Gasteiger partial charge in [0, 0.05) is 0 Å². The lowest BCUT2D eigenvalue weighted by molar-refractivity contribution is 0.214. The van der Waals surface area contributed by atoms with Gasteiger partial charge in [-0.2, -0.15) is 0 Å². The summed E-state index contributed by atoms with van der Waals surface area (Å²) in [4.78, 5) is 10.4. The van der Waals surface area contributed by atoms with Crippen molar-refractivity contribution in [3.05, 3.63) is 47.7 Å². The van der Waals surface area contributed by atoms with Crippen LogP contribution in [0.5, 0.6) is 0 Å². The van der Waals surface area contributed by atoms with Gasteiger partial charge in [-0.1, -0.05) is 37.3 Å². The van der Waals surface area contributed by atoms with E-state index in [-0.39, 0.29) is 5.76 Å². The number of ether oxygens (including phenoxy) is 1. The summed E-state index contributed by atoms with van der Waals surface area (Å²) in [6, 6.07) is 9.72. The molecule has 0 heterocycles. The second-order valence-electron chi connectivity index (χ2n) is 2.85. The maximum Gasteiger partial charge on any atom is 0.270 e. The Hall–Kier alpha value is -1.57. The maximum atomic E-state index is 10.4. The van der Waals surface area contributed by atoms with Gasteiger partial charge in [-0.05, 0) is 18.1 Å². The number of carbonyl (C=O) groups excluding carboxylic acids is 1. The summed E-state index contributed by atoms with van der Waals surface area (Å²) in [7, 11) is 0. The summed E-state index contributed by atoms with van der Waals surface area (Å²) >= 11 is 0. The molecule has 2 heteroatoms. The van der Waals surface area contributed by atoms with Crippen molar-refractivity contribution in [1.82, 2.24) is 0 Å². The molecule has 73 valence electrons. The lowest BCUT2D eigenvalue weighted by Crippen LogP contribution is -1.94. The van der Waals surface area contributed by atoms with Gasteiger partial charge in [-0.25, -0.2) is 0 Å². The zero-order chi connectivity index (χ0) is 10.2. The van der Waals surface area contributed by atoms with Gasteiger partial charge in [0.05, 0.1) is 0 Å². The summed E-state index contributed by atoms with van der Waals surface area (Å²) in [6.45, 7) is 2.37. The molecule has 0 atom stereocenters. The molecule has 0 saturated carbocycles. The van der Waals surface area contributed by atoms with Gasteiger partial charge in [0.15, 0.2) is 5.76 Å². The van der Waals surface area contributed by atoms with Crippen LogP contribution in [0.15, 0.2) is 42.2 Å². The molecular formula is C12H13O2. The first-order valence-electron chi connectivity index (χ1n) is 4.62. The first-order valence-corrected chi connectivity index (χ1v) is 4.62. The summed E-state index contributed by atoms with van der Waals surface area (Å²) in [6.07, 6.45) is 4.26. The average Bonchev–Trinajstić information content (AvgIpc) is 2.25. The zero-order valence-corrected chi connectivity index (χ0v) is 8.19. The predicted octanol–water partition coefficient (Wildman–Crippen LogP) is 2.61. The van der Waals surface area contributed by atoms with Crippen molar-refractivity contribution in [2.75, 3.05) is 0 Å². The first-order chi connectivity index (χ1) is 6.86. The molecular weight excluding hydrogens is 176 g/mol. The highest BCUT2D eigenvalue weighted by molar-refractivity contribution is 5.70. The summed E-state index contributed by atoms with van der Waals surface area (Å²) in [5.74, 6) is 0.288. The summed E-state index contributed by atoms with van der Waals surface area (Å²) in [5, 5.41) is 0. The Morgan fingerprint density at radius 2 is 2.14 bits per heavy atom. The Morgan fingerprint density at radius 1 is 1.43 bits per heavy atom. The van der Waals surface area contributed by atoms with Gasteiger partial charge >= 0.3 is 0 Å². The van der Waals surface area contributed by atoms with Gasteiger partial charge in [-0.3, -0.25) is 4.79 Å². The van der Waals surface area contributed by atoms with Gasteiger partial charge in [0.25, 0.3) is 6.29 Å². The van der Waals surface area contributed by atoms with Crippen LogP contribution in [0, 0.1) is 0 Å². The van der Waals surface area contributed by atoms with Crippen molar-refractivity contribution in [2.24, 2.45) is 0 Å². The fraction of sp³-hybridized carbons (Fsp3) is 0.250. The van der Waals surface area contributed by atoms with E-state index in [0.29, 0.717) is 6.61 Å². The van der Waals surface area contributed by atoms with Crippen molar-refractivity contribution in [3.63, 3.8) is 0 Å². The van der Waals surface area contributed by atoms with Gasteiger partial charge in [-0.15, -0.1) is 0 Å². The smallest absolute Gasteiger partial charge is 0.270 e. The molecule has 14 heavy (non-hydrogen) atoms. The van der Waals surface area contributed by atoms with E-state index in [9.17, 15) is 4.79 Å². The Balaban J connectivity index is 2.48. The van der Waals surface area contributed by atoms with E-state index < -0.39 is 0 Å². The number of hydrogen-bond acceptors (Lipinski definition) is 2. The third kappa shape index (κ3) is 3.44. The van der Waals surface area contributed by atoms with Gasteiger partial charge in [0.2, 0.25) is 0 Å². The monoisotopic (exact) mass is 189 g/mol. The van der Waals surface area contributed by atoms with E-state index in [1.165, 1.54) is 0 Å². The normalized spacial score (nSPS) is 11.1. The molecule has 0 saturated heterocycles. The fourth-order valence-corrected chi connectivity index (χ4v) is 1.05. The molecule has 0 aliphatic rings. The Morgan fingerprint density at radius 3 is 2.71 bits per heavy atom. The Kier molecular flexibility index (Phi) is 4.48. The van der Waals surface area contributed by atoms with Crippen LogP contribution in [0.25, 0.3) is 0 Å². The number of hydrogen-bond donors (Lipinski definition) is 0. The molecule has 0 fully saturated rings. The molecule has 0 aliphatic heterocycles. The molecule has 0 unspecified atom stereocenters. The number of allylic oxidation sites excluding steroid dienone is 2. The molecule has 0 amide bonds. The van der Waals surface area contributed by atoms with E-state index in [2.05, 4.69) is 0 Å². The molecule has 1 aromatic rings. The van der Waals surface area contributed by atoms with Crippen LogP contribution in [-0.2, 0) is 16.1 Å². The first kappa shape index (κ1) is 10.5. The maximum absolute atomic E-state index is 10.4. The molecule has 1 radical (unpaired) electrons. The van der Waals surface area contributed by atoms with Gasteiger partial charge in [0.1, 0.15) is 6.61 Å². The third-order valence-electron chi connectivity index (χ3n) is 1.73. The minimum Gasteiger partial charge on any atom is -0.485 e. The second-order valence-corrected chi connectivity index (χ2v) is 2.85. The molecule has 1 aromatic carbocycles. The molecule has 0 spiro atoms. The Bertz CT molecular complexity index is 301. The highest BCUT2D eigenvalue weighted by Gasteiger charge is 1.97. The van der Waals surface area contributed by atoms with Crippen molar-refractivity contribution in [3.8, 4) is 0 Å². The second kappa shape index (κ2) is 5.97. The van der Waals surface area contributed by atoms with Crippen molar-refractivity contribution in [1.29, 1.82) is 0 Å². The van der Waals surface area contributed by atoms with E-state index in [1.54, 1.807) is 12.4 Å². The quantitative estimate of drug-likeness (QED) is 0.525. The van der Waals surface area contributed by atoms with Crippen molar-refractivity contribution < 1.29 is 9.53 Å². The highest BCUT2D eigenvalue weighted by Crippen LogP contribution is 2.04. The zero-order valence-electron chi connectivity index (χ0n) is 8.19. The molecule has 0 aliphatic carbocycles. The van der Waals surface area contributed by atoms with Crippen LogP contribution < -0.4 is 0 Å². The lowest BCUT2D eigenvalue weighted by Gasteiger charge is -2.03. The Labute approximate surface area is 84.2 Å². The molecule has 2 nitrogen and oxygen atoms in total. The third-order valence-corrected chi connectivity index (χ3v) is 1.73. The van der Waals surface area contributed by atoms with E-state index in [0.717, 1.165) is 12.0 Å². The minimum atomic E-state index is 0.288. The SMILES string of the molecule is CCC=C([C]=O)OCc1ccccc1. The van der Waals surface area contributed by atoms with Crippen LogP contribution in [-0.4, -0.2) is 6.29 Å². The molecule has 1 rings (SSSR count). The average molecular weight is 189 g/mol. The highest BCUT2D eigenvalue weighted by atomic mass is 16.5. The molecule has 0 aromatic heterocycles. The lowest BCUT2D eigenvalue weighted by atomic mass is 10.2. The van der Waals surface area contributed by atoms with Crippen LogP contribution in [0.2, 0.25) is 0 Å². The van der Waals surface area contributed by atoms with E-state index >= 15 is 0 Å². The van der Waals surface area contributed by atoms with Crippen molar-refractivity contribution >= 4 is 6.29 Å². The minimum absolute atomic E-state index is 0.288. The fourth-order valence-electron chi connectivity index (χ4n) is 1.05. The topological polar surface area (TPSA) is 26.3 Å². The number of benzene rings is 1. The summed E-state index contributed by atoms with van der Waals surface area (Å²) < 4.78 is 5.26. The van der Waals surface area contributed by atoms with E-state index in [1.807, 2.05) is 37.3 Å². The number of rotatable bonds is 5. The van der Waals surface area contributed by atoms with Crippen molar-refractivity contribution in [2.45, 2.75) is 20.0 Å². The molecule has 0 bridgehead atoms. The van der Waals surface area contributed by atoms with Crippen LogP contribution in [0.3, 0.4) is 0 Å². The van der Waals surface area contributed by atoms with Crippen LogP contribution in [0.4, 0.5) is 0 Å². The molecule has 0 N–H and O–H groups in total. The largest absolute Gasteiger partial charge is 0.485 e. The predicted molar refractivity (Wildman–Crippen MR) is 55.3 cm³/mol.